The van der Waals surface area contributed by atoms with Crippen LogP contribution in [0.3, 0.4) is 0 Å². The van der Waals surface area contributed by atoms with Crippen molar-refractivity contribution in [3.8, 4) is 0 Å². The van der Waals surface area contributed by atoms with E-state index in [1.807, 2.05) is 23.1 Å². The topological polar surface area (TPSA) is 12.0 Å². The van der Waals surface area contributed by atoms with Crippen molar-refractivity contribution in [2.75, 3.05) is 12.3 Å². The third-order valence-electron chi connectivity index (χ3n) is 3.09. The number of hydrogen-bond acceptors (Lipinski definition) is 3. The van der Waals surface area contributed by atoms with Gasteiger partial charge in [-0.05, 0) is 49.0 Å². The van der Waals surface area contributed by atoms with E-state index in [9.17, 15) is 0 Å². The van der Waals surface area contributed by atoms with Crippen LogP contribution in [0.4, 0.5) is 0 Å². The summed E-state index contributed by atoms with van der Waals surface area (Å²) in [7, 11) is 0. The van der Waals surface area contributed by atoms with Gasteiger partial charge in [0.05, 0.1) is 0 Å². The minimum absolute atomic E-state index is 0.440. The first-order chi connectivity index (χ1) is 9.29. The fraction of sp³-hybridized carbons (Fsp3) is 0.375. The van der Waals surface area contributed by atoms with Crippen molar-refractivity contribution in [2.45, 2.75) is 31.2 Å². The molecule has 0 aliphatic heterocycles. The number of nitrogens with one attached hydrogen (secondary N) is 1. The van der Waals surface area contributed by atoms with Crippen molar-refractivity contribution in [2.24, 2.45) is 0 Å². The number of thioether (sulfide) groups is 1. The van der Waals surface area contributed by atoms with Gasteiger partial charge in [-0.2, -0.15) is 0 Å². The molecule has 2 aromatic rings. The molecule has 1 aromatic heterocycles. The number of aryl methyl sites for hydroxylation is 1. The number of hydrogen-bond donors (Lipinski definition) is 1. The third kappa shape index (κ3) is 4.68. The third-order valence-corrected chi connectivity index (χ3v) is 5.04. The van der Waals surface area contributed by atoms with E-state index in [2.05, 4.69) is 60.9 Å². The van der Waals surface area contributed by atoms with Crippen LogP contribution < -0.4 is 5.32 Å². The standard InChI is InChI=1S/C16H21NS2/c1-3-17-13(2)14-6-8-16(9-7-14)19-12-10-15-5-4-11-18-15/h4-9,11,13,17H,3,10,12H2,1-2H3. The molecule has 1 heterocycles. The summed E-state index contributed by atoms with van der Waals surface area (Å²) in [6.07, 6.45) is 1.16. The lowest BCUT2D eigenvalue weighted by atomic mass is 10.1. The Morgan fingerprint density at radius 1 is 1.21 bits per heavy atom. The van der Waals surface area contributed by atoms with Crippen LogP contribution in [0.15, 0.2) is 46.7 Å². The molecule has 2 rings (SSSR count). The van der Waals surface area contributed by atoms with Gasteiger partial charge in [0, 0.05) is 21.6 Å². The highest BCUT2D eigenvalue weighted by Gasteiger charge is 2.03. The van der Waals surface area contributed by atoms with E-state index >= 15 is 0 Å². The number of thiophene rings is 1. The Labute approximate surface area is 124 Å². The Morgan fingerprint density at radius 2 is 2.00 bits per heavy atom. The Morgan fingerprint density at radius 3 is 2.63 bits per heavy atom. The summed E-state index contributed by atoms with van der Waals surface area (Å²) >= 11 is 3.79. The first-order valence-corrected chi connectivity index (χ1v) is 8.64. The van der Waals surface area contributed by atoms with Crippen molar-refractivity contribution < 1.29 is 0 Å². The molecule has 0 spiro atoms. The van der Waals surface area contributed by atoms with Gasteiger partial charge in [0.25, 0.3) is 0 Å². The molecule has 0 radical (unpaired) electrons. The molecule has 3 heteroatoms. The minimum atomic E-state index is 0.440. The molecule has 0 amide bonds. The molecule has 0 fully saturated rings. The summed E-state index contributed by atoms with van der Waals surface area (Å²) in [4.78, 5) is 2.84. The van der Waals surface area contributed by atoms with Crippen LogP contribution in [0.1, 0.15) is 30.3 Å². The molecule has 1 nitrogen and oxygen atoms in total. The van der Waals surface area contributed by atoms with Crippen LogP contribution in [0, 0.1) is 0 Å². The summed E-state index contributed by atoms with van der Waals surface area (Å²) in [5.74, 6) is 1.16. The first kappa shape index (κ1) is 14.6. The predicted molar refractivity (Wildman–Crippen MR) is 87.3 cm³/mol. The molecular formula is C16H21NS2. The lowest BCUT2D eigenvalue weighted by Crippen LogP contribution is -2.17. The van der Waals surface area contributed by atoms with Gasteiger partial charge in [-0.25, -0.2) is 0 Å². The van der Waals surface area contributed by atoms with Crippen LogP contribution in [0.5, 0.6) is 0 Å². The van der Waals surface area contributed by atoms with Crippen LogP contribution >= 0.6 is 23.1 Å². The zero-order valence-electron chi connectivity index (χ0n) is 11.6. The Balaban J connectivity index is 1.81. The Bertz CT molecular complexity index is 462. The molecule has 1 unspecified atom stereocenters. The van der Waals surface area contributed by atoms with Gasteiger partial charge >= 0.3 is 0 Å². The van der Waals surface area contributed by atoms with Crippen molar-refractivity contribution in [1.82, 2.24) is 5.32 Å². The Kier molecular flexibility index (Phi) is 5.95. The number of benzene rings is 1. The molecular weight excluding hydrogens is 270 g/mol. The van der Waals surface area contributed by atoms with Gasteiger partial charge in [0.2, 0.25) is 0 Å². The van der Waals surface area contributed by atoms with Crippen molar-refractivity contribution in [3.05, 3.63) is 52.2 Å². The second kappa shape index (κ2) is 7.73. The van der Waals surface area contributed by atoms with E-state index < -0.39 is 0 Å². The highest BCUT2D eigenvalue weighted by atomic mass is 32.2. The molecule has 0 bridgehead atoms. The lowest BCUT2D eigenvalue weighted by Gasteiger charge is -2.13. The van der Waals surface area contributed by atoms with Crippen LogP contribution in [-0.4, -0.2) is 12.3 Å². The summed E-state index contributed by atoms with van der Waals surface area (Å²) in [5.41, 5.74) is 1.37. The van der Waals surface area contributed by atoms with Crippen molar-refractivity contribution in [3.63, 3.8) is 0 Å². The summed E-state index contributed by atoms with van der Waals surface area (Å²) < 4.78 is 0. The fourth-order valence-electron chi connectivity index (χ4n) is 2.00. The van der Waals surface area contributed by atoms with Crippen molar-refractivity contribution >= 4 is 23.1 Å². The maximum atomic E-state index is 3.44. The van der Waals surface area contributed by atoms with Gasteiger partial charge in [-0.3, -0.25) is 0 Å². The zero-order valence-corrected chi connectivity index (χ0v) is 13.2. The smallest absolute Gasteiger partial charge is 0.0291 e. The fourth-order valence-corrected chi connectivity index (χ4v) is 3.73. The predicted octanol–water partition coefficient (Wildman–Crippen LogP) is 4.75. The van der Waals surface area contributed by atoms with E-state index in [-0.39, 0.29) is 0 Å². The van der Waals surface area contributed by atoms with E-state index in [1.165, 1.54) is 15.3 Å². The maximum Gasteiger partial charge on any atom is 0.0291 e. The van der Waals surface area contributed by atoms with Crippen LogP contribution in [0.25, 0.3) is 0 Å². The summed E-state index contributed by atoms with van der Waals surface area (Å²) in [6.45, 7) is 5.37. The van der Waals surface area contributed by atoms with Gasteiger partial charge in [0.15, 0.2) is 0 Å². The van der Waals surface area contributed by atoms with Crippen LogP contribution in [-0.2, 0) is 6.42 Å². The van der Waals surface area contributed by atoms with Crippen molar-refractivity contribution in [1.29, 1.82) is 0 Å². The zero-order chi connectivity index (χ0) is 13.5. The molecule has 0 aliphatic rings. The molecule has 0 saturated heterocycles. The molecule has 19 heavy (non-hydrogen) atoms. The van der Waals surface area contributed by atoms with E-state index in [0.29, 0.717) is 6.04 Å². The molecule has 102 valence electrons. The van der Waals surface area contributed by atoms with Gasteiger partial charge in [-0.15, -0.1) is 23.1 Å². The molecule has 0 aliphatic carbocycles. The van der Waals surface area contributed by atoms with Gasteiger partial charge in [0.1, 0.15) is 0 Å². The molecule has 1 N–H and O–H groups in total. The molecule has 1 aromatic carbocycles. The quantitative estimate of drug-likeness (QED) is 0.739. The van der Waals surface area contributed by atoms with E-state index in [1.54, 1.807) is 0 Å². The summed E-state index contributed by atoms with van der Waals surface area (Å²) in [6, 6.07) is 13.7. The van der Waals surface area contributed by atoms with E-state index in [4.69, 9.17) is 0 Å². The number of rotatable bonds is 7. The molecule has 0 saturated carbocycles. The largest absolute Gasteiger partial charge is 0.310 e. The van der Waals surface area contributed by atoms with Gasteiger partial charge < -0.3 is 5.32 Å². The maximum absolute atomic E-state index is 3.44. The highest BCUT2D eigenvalue weighted by molar-refractivity contribution is 7.99. The minimum Gasteiger partial charge on any atom is -0.310 e. The lowest BCUT2D eigenvalue weighted by molar-refractivity contribution is 0.598. The highest BCUT2D eigenvalue weighted by Crippen LogP contribution is 2.22. The average Bonchev–Trinajstić information content (AvgIpc) is 2.93. The second-order valence-electron chi connectivity index (χ2n) is 4.53. The van der Waals surface area contributed by atoms with E-state index in [0.717, 1.165) is 18.7 Å². The van der Waals surface area contributed by atoms with Gasteiger partial charge in [-0.1, -0.05) is 25.1 Å². The second-order valence-corrected chi connectivity index (χ2v) is 6.73. The SMILES string of the molecule is CCNC(C)c1ccc(SCCc2cccs2)cc1. The first-order valence-electron chi connectivity index (χ1n) is 6.78. The summed E-state index contributed by atoms with van der Waals surface area (Å²) in [5, 5.41) is 5.59. The molecule has 1 atom stereocenters. The monoisotopic (exact) mass is 291 g/mol. The van der Waals surface area contributed by atoms with Crippen LogP contribution in [0.2, 0.25) is 0 Å². The normalized spacial score (nSPS) is 12.5. The Hall–Kier alpha value is -0.770. The average molecular weight is 291 g/mol.